The molecule has 0 heterocycles. The second-order valence-electron chi connectivity index (χ2n) is 3.21. The standard InChI is InChI=1S/C8H16O3/c1-7(10)4-3-5-8(2,11)6-9/h9,11H,3-6H2,1-2H3. The molecule has 1 atom stereocenters. The van der Waals surface area contributed by atoms with Gasteiger partial charge in [-0.05, 0) is 26.7 Å². The summed E-state index contributed by atoms with van der Waals surface area (Å²) in [6.07, 6.45) is 1.60. The fourth-order valence-electron chi connectivity index (χ4n) is 0.797. The molecule has 0 aliphatic carbocycles. The Hall–Kier alpha value is -0.410. The lowest BCUT2D eigenvalue weighted by Crippen LogP contribution is -2.28. The molecule has 0 radical (unpaired) electrons. The van der Waals surface area contributed by atoms with E-state index in [0.29, 0.717) is 19.3 Å². The number of hydrogen-bond donors (Lipinski definition) is 2. The number of carbonyl (C=O) groups excluding carboxylic acids is 1. The minimum absolute atomic E-state index is 0.124. The number of rotatable bonds is 5. The summed E-state index contributed by atoms with van der Waals surface area (Å²) in [6, 6.07) is 0. The fourth-order valence-corrected chi connectivity index (χ4v) is 0.797. The van der Waals surface area contributed by atoms with E-state index in [1.54, 1.807) is 6.92 Å². The Kier molecular flexibility index (Phi) is 4.30. The summed E-state index contributed by atoms with van der Waals surface area (Å²) in [5, 5.41) is 17.9. The first-order valence-electron chi connectivity index (χ1n) is 3.80. The molecule has 1 unspecified atom stereocenters. The molecule has 3 nitrogen and oxygen atoms in total. The van der Waals surface area contributed by atoms with Gasteiger partial charge in [0, 0.05) is 6.42 Å². The summed E-state index contributed by atoms with van der Waals surface area (Å²) in [5.41, 5.74) is -1.02. The molecule has 0 saturated heterocycles. The quantitative estimate of drug-likeness (QED) is 0.615. The van der Waals surface area contributed by atoms with Gasteiger partial charge in [-0.2, -0.15) is 0 Å². The largest absolute Gasteiger partial charge is 0.393 e. The van der Waals surface area contributed by atoms with E-state index in [4.69, 9.17) is 5.11 Å². The Morgan fingerprint density at radius 3 is 2.45 bits per heavy atom. The summed E-state index contributed by atoms with van der Waals surface area (Å²) >= 11 is 0. The molecule has 0 aromatic heterocycles. The Labute approximate surface area is 67.0 Å². The highest BCUT2D eigenvalue weighted by atomic mass is 16.3. The van der Waals surface area contributed by atoms with Gasteiger partial charge < -0.3 is 15.0 Å². The van der Waals surface area contributed by atoms with E-state index < -0.39 is 5.60 Å². The zero-order valence-corrected chi connectivity index (χ0v) is 7.13. The lowest BCUT2D eigenvalue weighted by Gasteiger charge is -2.19. The lowest BCUT2D eigenvalue weighted by molar-refractivity contribution is -0.117. The van der Waals surface area contributed by atoms with E-state index in [9.17, 15) is 9.90 Å². The highest BCUT2D eigenvalue weighted by Crippen LogP contribution is 2.12. The van der Waals surface area contributed by atoms with Crippen molar-refractivity contribution in [1.29, 1.82) is 0 Å². The van der Waals surface area contributed by atoms with Crippen LogP contribution in [0.15, 0.2) is 0 Å². The Balaban J connectivity index is 3.45. The van der Waals surface area contributed by atoms with Crippen molar-refractivity contribution in [2.75, 3.05) is 6.61 Å². The molecular formula is C8H16O3. The van der Waals surface area contributed by atoms with Crippen LogP contribution < -0.4 is 0 Å². The number of aliphatic hydroxyl groups excluding tert-OH is 1. The highest BCUT2D eigenvalue weighted by molar-refractivity contribution is 5.75. The molecule has 0 aromatic carbocycles. The van der Waals surface area contributed by atoms with E-state index in [-0.39, 0.29) is 12.4 Å². The maximum atomic E-state index is 10.5. The van der Waals surface area contributed by atoms with Crippen molar-refractivity contribution in [3.05, 3.63) is 0 Å². The van der Waals surface area contributed by atoms with Crippen molar-refractivity contribution in [2.45, 2.75) is 38.7 Å². The smallest absolute Gasteiger partial charge is 0.129 e. The normalized spacial score (nSPS) is 16.0. The molecule has 0 fully saturated rings. The monoisotopic (exact) mass is 160 g/mol. The van der Waals surface area contributed by atoms with E-state index in [1.165, 1.54) is 6.92 Å². The molecule has 0 aromatic rings. The molecule has 0 amide bonds. The van der Waals surface area contributed by atoms with E-state index >= 15 is 0 Å². The van der Waals surface area contributed by atoms with Gasteiger partial charge in [0.2, 0.25) is 0 Å². The van der Waals surface area contributed by atoms with Crippen LogP contribution in [0.2, 0.25) is 0 Å². The predicted molar refractivity (Wildman–Crippen MR) is 42.2 cm³/mol. The topological polar surface area (TPSA) is 57.5 Å². The second kappa shape index (κ2) is 4.46. The molecular weight excluding hydrogens is 144 g/mol. The Morgan fingerprint density at radius 1 is 1.55 bits per heavy atom. The minimum atomic E-state index is -1.02. The van der Waals surface area contributed by atoms with Crippen LogP contribution >= 0.6 is 0 Å². The molecule has 0 spiro atoms. The molecule has 0 aliphatic heterocycles. The average Bonchev–Trinajstić information content (AvgIpc) is 1.87. The molecule has 0 aliphatic rings. The van der Waals surface area contributed by atoms with Gasteiger partial charge in [0.25, 0.3) is 0 Å². The van der Waals surface area contributed by atoms with E-state index in [0.717, 1.165) is 0 Å². The van der Waals surface area contributed by atoms with Crippen LogP contribution in [0.3, 0.4) is 0 Å². The summed E-state index contributed by atoms with van der Waals surface area (Å²) in [4.78, 5) is 10.5. The van der Waals surface area contributed by atoms with Crippen LogP contribution in [0.1, 0.15) is 33.1 Å². The molecule has 0 bridgehead atoms. The third kappa shape index (κ3) is 6.01. The van der Waals surface area contributed by atoms with Crippen LogP contribution in [-0.2, 0) is 4.79 Å². The molecule has 2 N–H and O–H groups in total. The first-order valence-corrected chi connectivity index (χ1v) is 3.80. The van der Waals surface area contributed by atoms with Crippen molar-refractivity contribution < 1.29 is 15.0 Å². The number of aliphatic hydroxyl groups is 2. The van der Waals surface area contributed by atoms with Crippen molar-refractivity contribution in [2.24, 2.45) is 0 Å². The van der Waals surface area contributed by atoms with Crippen molar-refractivity contribution >= 4 is 5.78 Å². The summed E-state index contributed by atoms with van der Waals surface area (Å²) < 4.78 is 0. The van der Waals surface area contributed by atoms with Gasteiger partial charge in [-0.3, -0.25) is 0 Å². The predicted octanol–water partition coefficient (Wildman–Crippen LogP) is 0.489. The van der Waals surface area contributed by atoms with Gasteiger partial charge in [0.1, 0.15) is 5.78 Å². The third-order valence-electron chi connectivity index (χ3n) is 1.58. The minimum Gasteiger partial charge on any atom is -0.393 e. The number of hydrogen-bond acceptors (Lipinski definition) is 3. The van der Waals surface area contributed by atoms with E-state index in [1.807, 2.05) is 0 Å². The third-order valence-corrected chi connectivity index (χ3v) is 1.58. The molecule has 66 valence electrons. The SMILES string of the molecule is CC(=O)CCCC(C)(O)CO. The molecule has 0 saturated carbocycles. The molecule has 3 heteroatoms. The average molecular weight is 160 g/mol. The Morgan fingerprint density at radius 2 is 2.09 bits per heavy atom. The maximum Gasteiger partial charge on any atom is 0.129 e. The highest BCUT2D eigenvalue weighted by Gasteiger charge is 2.17. The van der Waals surface area contributed by atoms with E-state index in [2.05, 4.69) is 0 Å². The number of carbonyl (C=O) groups is 1. The fraction of sp³-hybridized carbons (Fsp3) is 0.875. The van der Waals surface area contributed by atoms with Gasteiger partial charge >= 0.3 is 0 Å². The summed E-state index contributed by atoms with van der Waals surface area (Å²) in [6.45, 7) is 2.84. The van der Waals surface area contributed by atoms with Crippen LogP contribution in [0.5, 0.6) is 0 Å². The first-order chi connectivity index (χ1) is 4.98. The first kappa shape index (κ1) is 10.6. The zero-order valence-electron chi connectivity index (χ0n) is 7.13. The zero-order chi connectivity index (χ0) is 8.91. The van der Waals surface area contributed by atoms with Crippen LogP contribution in [0.4, 0.5) is 0 Å². The Bertz CT molecular complexity index is 129. The molecule has 11 heavy (non-hydrogen) atoms. The van der Waals surface area contributed by atoms with Gasteiger partial charge in [-0.1, -0.05) is 0 Å². The summed E-state index contributed by atoms with van der Waals surface area (Å²) in [7, 11) is 0. The van der Waals surface area contributed by atoms with Crippen LogP contribution in [0.25, 0.3) is 0 Å². The maximum absolute atomic E-state index is 10.5. The van der Waals surface area contributed by atoms with Crippen LogP contribution in [-0.4, -0.2) is 28.2 Å². The van der Waals surface area contributed by atoms with Crippen LogP contribution in [0, 0.1) is 0 Å². The van der Waals surface area contributed by atoms with Gasteiger partial charge in [0.15, 0.2) is 0 Å². The van der Waals surface area contributed by atoms with Crippen molar-refractivity contribution in [1.82, 2.24) is 0 Å². The van der Waals surface area contributed by atoms with Crippen molar-refractivity contribution in [3.8, 4) is 0 Å². The molecule has 0 rings (SSSR count). The number of ketones is 1. The second-order valence-corrected chi connectivity index (χ2v) is 3.21. The van der Waals surface area contributed by atoms with Crippen molar-refractivity contribution in [3.63, 3.8) is 0 Å². The lowest BCUT2D eigenvalue weighted by atomic mass is 9.99. The number of Topliss-reactive ketones (excluding diaryl/α,β-unsaturated/α-hetero) is 1. The summed E-state index contributed by atoms with van der Waals surface area (Å²) in [5.74, 6) is 0.124. The van der Waals surface area contributed by atoms with Gasteiger partial charge in [-0.15, -0.1) is 0 Å². The van der Waals surface area contributed by atoms with Gasteiger partial charge in [0.05, 0.1) is 12.2 Å². The van der Waals surface area contributed by atoms with Gasteiger partial charge in [-0.25, -0.2) is 0 Å².